The summed E-state index contributed by atoms with van der Waals surface area (Å²) in [5.74, 6) is 0. The zero-order valence-corrected chi connectivity index (χ0v) is 11.0. The second-order valence-corrected chi connectivity index (χ2v) is 6.10. The van der Waals surface area contributed by atoms with Gasteiger partial charge in [-0.1, -0.05) is 18.2 Å². The number of para-hydroxylation sites is 1. The van der Waals surface area contributed by atoms with Gasteiger partial charge in [-0.05, 0) is 18.6 Å². The monoisotopic (exact) mass is 250 g/mol. The molecule has 1 aromatic heterocycles. The number of aromatic amines is 1. The van der Waals surface area contributed by atoms with Gasteiger partial charge in [0.25, 0.3) is 0 Å². The van der Waals surface area contributed by atoms with Crippen LogP contribution in [-0.2, 0) is 17.3 Å². The highest BCUT2D eigenvalue weighted by Gasteiger charge is 2.06. The van der Waals surface area contributed by atoms with Gasteiger partial charge in [-0.2, -0.15) is 0 Å². The van der Waals surface area contributed by atoms with Crippen LogP contribution < -0.4 is 5.32 Å². The highest BCUT2D eigenvalue weighted by atomic mass is 32.2. The van der Waals surface area contributed by atoms with Gasteiger partial charge in [0.2, 0.25) is 0 Å². The van der Waals surface area contributed by atoms with Gasteiger partial charge in [-0.25, -0.2) is 0 Å². The third-order valence-electron chi connectivity index (χ3n) is 2.99. The van der Waals surface area contributed by atoms with Crippen LogP contribution in [0, 0.1) is 0 Å². The first-order valence-corrected chi connectivity index (χ1v) is 7.38. The molecule has 0 fully saturated rings. The Bertz CT molecular complexity index is 521. The summed E-state index contributed by atoms with van der Waals surface area (Å²) < 4.78 is 11.2. The fourth-order valence-corrected chi connectivity index (χ4v) is 2.16. The van der Waals surface area contributed by atoms with E-state index in [9.17, 15) is 4.21 Å². The molecule has 0 bridgehead atoms. The molecule has 3 nitrogen and oxygen atoms in total. The summed E-state index contributed by atoms with van der Waals surface area (Å²) in [7, 11) is -0.756. The van der Waals surface area contributed by atoms with Crippen LogP contribution in [0.5, 0.6) is 0 Å². The number of hydrogen-bond donors (Lipinski definition) is 2. The zero-order chi connectivity index (χ0) is 12.3. The van der Waals surface area contributed by atoms with Crippen molar-refractivity contribution in [2.45, 2.75) is 18.7 Å². The van der Waals surface area contributed by atoms with Crippen molar-refractivity contribution in [2.75, 3.05) is 12.8 Å². The number of H-pyrrole nitrogens is 1. The lowest BCUT2D eigenvalue weighted by Gasteiger charge is -2.09. The van der Waals surface area contributed by atoms with Crippen LogP contribution in [0.4, 0.5) is 0 Å². The molecule has 0 saturated heterocycles. The third kappa shape index (κ3) is 2.96. The normalized spacial score (nSPS) is 14.9. The van der Waals surface area contributed by atoms with Crippen LogP contribution in [-0.4, -0.2) is 27.2 Å². The van der Waals surface area contributed by atoms with Crippen molar-refractivity contribution in [1.82, 2.24) is 10.3 Å². The number of rotatable bonds is 5. The minimum Gasteiger partial charge on any atom is -0.361 e. The van der Waals surface area contributed by atoms with Crippen LogP contribution in [0.3, 0.4) is 0 Å². The molecule has 2 N–H and O–H groups in total. The third-order valence-corrected chi connectivity index (χ3v) is 4.29. The molecule has 17 heavy (non-hydrogen) atoms. The molecule has 0 saturated carbocycles. The largest absolute Gasteiger partial charge is 0.361 e. The van der Waals surface area contributed by atoms with Crippen molar-refractivity contribution >= 4 is 21.7 Å². The summed E-state index contributed by atoms with van der Waals surface area (Å²) in [4.78, 5) is 3.25. The minimum atomic E-state index is -0.756. The fraction of sp³-hybridized carbons (Fsp3) is 0.385. The Hall–Kier alpha value is -1.13. The van der Waals surface area contributed by atoms with Crippen molar-refractivity contribution in [1.29, 1.82) is 0 Å². The molecule has 92 valence electrons. The summed E-state index contributed by atoms with van der Waals surface area (Å²) in [6.07, 6.45) is 3.78. The van der Waals surface area contributed by atoms with Crippen molar-refractivity contribution in [3.8, 4) is 0 Å². The molecule has 0 amide bonds. The van der Waals surface area contributed by atoms with Crippen LogP contribution in [0.1, 0.15) is 12.5 Å². The van der Waals surface area contributed by atoms with Gasteiger partial charge in [0.05, 0.1) is 0 Å². The Morgan fingerprint density at radius 2 is 2.18 bits per heavy atom. The standard InChI is InChI=1S/C13H18N2OS/c1-10(17(2)16)7-14-8-11-9-15-13-6-4-3-5-12(11)13/h3-6,9-10,14-15H,7-8H2,1-2H3. The Labute approximate surface area is 104 Å². The number of aromatic nitrogens is 1. The highest BCUT2D eigenvalue weighted by molar-refractivity contribution is 7.84. The Morgan fingerprint density at radius 3 is 2.94 bits per heavy atom. The molecule has 0 aliphatic carbocycles. The lowest BCUT2D eigenvalue weighted by molar-refractivity contribution is 0.648. The number of nitrogens with one attached hydrogen (secondary N) is 2. The van der Waals surface area contributed by atoms with Crippen LogP contribution in [0.25, 0.3) is 10.9 Å². The second kappa shape index (κ2) is 5.47. The Morgan fingerprint density at radius 1 is 1.41 bits per heavy atom. The molecule has 0 aliphatic heterocycles. The van der Waals surface area contributed by atoms with Gasteiger partial charge in [-0.3, -0.25) is 4.21 Å². The Kier molecular flexibility index (Phi) is 3.97. The summed E-state index contributed by atoms with van der Waals surface area (Å²) in [5, 5.41) is 4.80. The van der Waals surface area contributed by atoms with Crippen LogP contribution >= 0.6 is 0 Å². The summed E-state index contributed by atoms with van der Waals surface area (Å²) in [5.41, 5.74) is 2.42. The van der Waals surface area contributed by atoms with Crippen LogP contribution in [0.15, 0.2) is 30.5 Å². The molecule has 4 heteroatoms. The fourth-order valence-electron chi connectivity index (χ4n) is 1.81. The van der Waals surface area contributed by atoms with Crippen molar-refractivity contribution in [3.05, 3.63) is 36.0 Å². The van der Waals surface area contributed by atoms with E-state index in [-0.39, 0.29) is 5.25 Å². The molecule has 1 heterocycles. The van der Waals surface area contributed by atoms with Gasteiger partial charge in [0.1, 0.15) is 0 Å². The van der Waals surface area contributed by atoms with E-state index in [1.165, 1.54) is 10.9 Å². The first kappa shape index (κ1) is 12.3. The molecule has 0 radical (unpaired) electrons. The molecule has 0 spiro atoms. The van der Waals surface area contributed by atoms with Crippen molar-refractivity contribution < 1.29 is 4.21 Å². The number of hydrogen-bond acceptors (Lipinski definition) is 2. The van der Waals surface area contributed by atoms with Crippen molar-refractivity contribution in [3.63, 3.8) is 0 Å². The maximum Gasteiger partial charge on any atom is 0.0457 e. The number of fused-ring (bicyclic) bond motifs is 1. The molecule has 0 aliphatic rings. The van der Waals surface area contributed by atoms with Crippen LogP contribution in [0.2, 0.25) is 0 Å². The summed E-state index contributed by atoms with van der Waals surface area (Å²) >= 11 is 0. The minimum absolute atomic E-state index is 0.195. The first-order valence-electron chi connectivity index (χ1n) is 5.76. The maximum atomic E-state index is 11.2. The predicted octanol–water partition coefficient (Wildman–Crippen LogP) is 2.02. The van der Waals surface area contributed by atoms with E-state index in [0.29, 0.717) is 0 Å². The van der Waals surface area contributed by atoms with E-state index in [2.05, 4.69) is 22.4 Å². The topological polar surface area (TPSA) is 44.9 Å². The molecular weight excluding hydrogens is 232 g/mol. The van der Waals surface area contributed by atoms with Gasteiger partial charge in [0, 0.05) is 52.5 Å². The van der Waals surface area contributed by atoms with E-state index in [4.69, 9.17) is 0 Å². The SMILES string of the molecule is CC(CNCc1c[nH]c2ccccc12)S(C)=O. The lowest BCUT2D eigenvalue weighted by Crippen LogP contribution is -2.27. The van der Waals surface area contributed by atoms with E-state index < -0.39 is 10.8 Å². The van der Waals surface area contributed by atoms with Gasteiger partial charge in [0.15, 0.2) is 0 Å². The van der Waals surface area contributed by atoms with Gasteiger partial charge in [-0.15, -0.1) is 0 Å². The van der Waals surface area contributed by atoms with Gasteiger partial charge < -0.3 is 10.3 Å². The summed E-state index contributed by atoms with van der Waals surface area (Å²) in [6, 6.07) is 8.26. The Balaban J connectivity index is 1.98. The molecular formula is C13H18N2OS. The smallest absolute Gasteiger partial charge is 0.0457 e. The molecule has 2 atom stereocenters. The van der Waals surface area contributed by atoms with E-state index in [1.54, 1.807) is 6.26 Å². The summed E-state index contributed by atoms with van der Waals surface area (Å²) in [6.45, 7) is 3.59. The molecule has 2 rings (SSSR count). The molecule has 1 aromatic carbocycles. The lowest BCUT2D eigenvalue weighted by atomic mass is 10.2. The second-order valence-electron chi connectivity index (χ2n) is 4.30. The van der Waals surface area contributed by atoms with Crippen molar-refractivity contribution in [2.24, 2.45) is 0 Å². The van der Waals surface area contributed by atoms with E-state index in [1.807, 2.05) is 25.3 Å². The van der Waals surface area contributed by atoms with E-state index in [0.717, 1.165) is 18.6 Å². The average molecular weight is 250 g/mol. The highest BCUT2D eigenvalue weighted by Crippen LogP contribution is 2.17. The van der Waals surface area contributed by atoms with Gasteiger partial charge >= 0.3 is 0 Å². The predicted molar refractivity (Wildman–Crippen MR) is 73.5 cm³/mol. The molecule has 2 unspecified atom stereocenters. The average Bonchev–Trinajstić information content (AvgIpc) is 2.72. The number of benzene rings is 1. The van der Waals surface area contributed by atoms with E-state index >= 15 is 0 Å². The quantitative estimate of drug-likeness (QED) is 0.853. The maximum absolute atomic E-state index is 11.2. The molecule has 2 aromatic rings. The first-order chi connectivity index (χ1) is 8.18. The zero-order valence-electron chi connectivity index (χ0n) is 10.2.